The average molecular weight is 393 g/mol. The summed E-state index contributed by atoms with van der Waals surface area (Å²) < 4.78 is 0. The molecule has 6 heteroatoms. The monoisotopic (exact) mass is 393 g/mol. The van der Waals surface area contributed by atoms with Crippen molar-refractivity contribution in [3.8, 4) is 0 Å². The van der Waals surface area contributed by atoms with Gasteiger partial charge in [0.25, 0.3) is 0 Å². The van der Waals surface area contributed by atoms with Crippen molar-refractivity contribution in [1.29, 1.82) is 0 Å². The number of carbonyl (C=O) groups is 3. The van der Waals surface area contributed by atoms with E-state index in [-0.39, 0.29) is 11.8 Å². The molecule has 3 N–H and O–H groups in total. The molecule has 0 spiro atoms. The maximum atomic E-state index is 12.8. The molecule has 152 valence electrons. The second kappa shape index (κ2) is 7.85. The summed E-state index contributed by atoms with van der Waals surface area (Å²) in [5.74, 6) is -0.448. The summed E-state index contributed by atoms with van der Waals surface area (Å²) in [4.78, 5) is 38.0. The quantitative estimate of drug-likeness (QED) is 0.789. The van der Waals surface area contributed by atoms with Gasteiger partial charge in [-0.1, -0.05) is 42.5 Å². The maximum Gasteiger partial charge on any atom is 0.240 e. The molecule has 6 nitrogen and oxygen atoms in total. The van der Waals surface area contributed by atoms with Gasteiger partial charge >= 0.3 is 0 Å². The van der Waals surface area contributed by atoms with Crippen molar-refractivity contribution in [3.05, 3.63) is 48.0 Å². The number of nitrogens with one attached hydrogen (secondary N) is 1. The number of fused-ring (bicyclic) bond motifs is 1. The first-order valence-electron chi connectivity index (χ1n) is 10.3. The fraction of sp³-hybridized carbons (Fsp3) is 0.435. The van der Waals surface area contributed by atoms with E-state index in [1.165, 1.54) is 10.8 Å². The van der Waals surface area contributed by atoms with Gasteiger partial charge in [0, 0.05) is 24.9 Å². The third-order valence-corrected chi connectivity index (χ3v) is 6.31. The molecule has 3 amide bonds. The molecule has 29 heavy (non-hydrogen) atoms. The molecule has 2 saturated heterocycles. The zero-order chi connectivity index (χ0) is 20.4. The van der Waals surface area contributed by atoms with Gasteiger partial charge in [-0.2, -0.15) is 0 Å². The van der Waals surface area contributed by atoms with Gasteiger partial charge in [0.2, 0.25) is 17.7 Å². The van der Waals surface area contributed by atoms with Crippen LogP contribution in [-0.2, 0) is 20.8 Å². The summed E-state index contributed by atoms with van der Waals surface area (Å²) in [7, 11) is 0. The smallest absolute Gasteiger partial charge is 0.240 e. The number of hydrogen-bond donors (Lipinski definition) is 2. The summed E-state index contributed by atoms with van der Waals surface area (Å²) in [6.45, 7) is 0.580. The maximum absolute atomic E-state index is 12.8. The van der Waals surface area contributed by atoms with Crippen LogP contribution in [0.25, 0.3) is 10.8 Å². The first kappa shape index (κ1) is 19.4. The van der Waals surface area contributed by atoms with E-state index in [1.54, 1.807) is 4.90 Å². The Morgan fingerprint density at radius 2 is 1.97 bits per heavy atom. The van der Waals surface area contributed by atoms with Crippen molar-refractivity contribution in [2.45, 2.75) is 56.5 Å². The van der Waals surface area contributed by atoms with Crippen molar-refractivity contribution in [2.24, 2.45) is 5.73 Å². The predicted octanol–water partition coefficient (Wildman–Crippen LogP) is 2.29. The van der Waals surface area contributed by atoms with E-state index in [2.05, 4.69) is 35.6 Å². The van der Waals surface area contributed by atoms with Gasteiger partial charge < -0.3 is 16.0 Å². The Hall–Kier alpha value is -2.89. The topological polar surface area (TPSA) is 92.5 Å². The molecule has 0 bridgehead atoms. The lowest BCUT2D eigenvalue weighted by atomic mass is 9.84. The molecule has 0 aliphatic carbocycles. The number of primary amides is 1. The van der Waals surface area contributed by atoms with Gasteiger partial charge in [0.05, 0.1) is 0 Å². The first-order valence-corrected chi connectivity index (χ1v) is 10.3. The van der Waals surface area contributed by atoms with Crippen LogP contribution >= 0.6 is 0 Å². The molecule has 4 rings (SSSR count). The molecule has 2 aromatic carbocycles. The summed E-state index contributed by atoms with van der Waals surface area (Å²) in [5.41, 5.74) is 6.17. The van der Waals surface area contributed by atoms with Gasteiger partial charge in [-0.25, -0.2) is 0 Å². The second-order valence-electron chi connectivity index (χ2n) is 8.33. The Balaban J connectivity index is 1.48. The van der Waals surface area contributed by atoms with E-state index >= 15 is 0 Å². The zero-order valence-electron chi connectivity index (χ0n) is 16.5. The fourth-order valence-corrected chi connectivity index (χ4v) is 4.77. The van der Waals surface area contributed by atoms with Crippen LogP contribution in [0.4, 0.5) is 0 Å². The van der Waals surface area contributed by atoms with Crippen LogP contribution in [0.2, 0.25) is 0 Å². The summed E-state index contributed by atoms with van der Waals surface area (Å²) in [5, 5.41) is 5.49. The lowest BCUT2D eigenvalue weighted by Gasteiger charge is -2.31. The zero-order valence-corrected chi connectivity index (χ0v) is 16.5. The molecule has 2 atom stereocenters. The van der Waals surface area contributed by atoms with Crippen LogP contribution in [0.15, 0.2) is 42.5 Å². The Kier molecular flexibility index (Phi) is 5.26. The third-order valence-electron chi connectivity index (χ3n) is 6.31. The van der Waals surface area contributed by atoms with Crippen molar-refractivity contribution in [2.75, 3.05) is 6.54 Å². The first-order chi connectivity index (χ1) is 14.0. The molecule has 2 heterocycles. The Morgan fingerprint density at radius 1 is 1.17 bits per heavy atom. The number of amides is 3. The van der Waals surface area contributed by atoms with Crippen LogP contribution in [0.3, 0.4) is 0 Å². The fourth-order valence-electron chi connectivity index (χ4n) is 4.77. The SMILES string of the molecule is NC(=O)[C@@H]1CCCN1C(=O)CC[C@]1(Cc2ccc3ccccc3c2)CCC(=O)N1. The van der Waals surface area contributed by atoms with Crippen LogP contribution < -0.4 is 11.1 Å². The molecule has 2 fully saturated rings. The van der Waals surface area contributed by atoms with Crippen LogP contribution in [0.1, 0.15) is 44.1 Å². The predicted molar refractivity (Wildman–Crippen MR) is 111 cm³/mol. The molecule has 0 unspecified atom stereocenters. The number of benzene rings is 2. The van der Waals surface area contributed by atoms with Gasteiger partial charge in [-0.15, -0.1) is 0 Å². The minimum Gasteiger partial charge on any atom is -0.368 e. The van der Waals surface area contributed by atoms with Crippen molar-refractivity contribution in [3.63, 3.8) is 0 Å². The van der Waals surface area contributed by atoms with Gasteiger partial charge in [0.15, 0.2) is 0 Å². The van der Waals surface area contributed by atoms with Crippen molar-refractivity contribution >= 4 is 28.5 Å². The van der Waals surface area contributed by atoms with E-state index in [1.807, 2.05) is 12.1 Å². The van der Waals surface area contributed by atoms with Gasteiger partial charge in [0.1, 0.15) is 6.04 Å². The van der Waals surface area contributed by atoms with E-state index in [0.717, 1.165) is 12.0 Å². The van der Waals surface area contributed by atoms with E-state index in [0.29, 0.717) is 45.1 Å². The lowest BCUT2D eigenvalue weighted by molar-refractivity contribution is -0.137. The number of carbonyl (C=O) groups excluding carboxylic acids is 3. The molecule has 0 aromatic heterocycles. The molecule has 2 aromatic rings. The Morgan fingerprint density at radius 3 is 2.69 bits per heavy atom. The molecule has 2 aliphatic rings. The summed E-state index contributed by atoms with van der Waals surface area (Å²) >= 11 is 0. The van der Waals surface area contributed by atoms with Crippen LogP contribution in [-0.4, -0.2) is 40.7 Å². The largest absolute Gasteiger partial charge is 0.368 e. The van der Waals surface area contributed by atoms with E-state index < -0.39 is 17.5 Å². The van der Waals surface area contributed by atoms with E-state index in [9.17, 15) is 14.4 Å². The highest BCUT2D eigenvalue weighted by molar-refractivity contribution is 5.87. The number of nitrogens with two attached hydrogens (primary N) is 1. The lowest BCUT2D eigenvalue weighted by Crippen LogP contribution is -2.47. The highest BCUT2D eigenvalue weighted by Crippen LogP contribution is 2.31. The van der Waals surface area contributed by atoms with Gasteiger partial charge in [-0.05, 0) is 48.4 Å². The second-order valence-corrected chi connectivity index (χ2v) is 8.33. The summed E-state index contributed by atoms with van der Waals surface area (Å²) in [6.07, 6.45) is 4.19. The normalized spacial score (nSPS) is 24.1. The minimum absolute atomic E-state index is 0.0365. The summed E-state index contributed by atoms with van der Waals surface area (Å²) in [6, 6.07) is 14.1. The molecule has 0 radical (unpaired) electrons. The van der Waals surface area contributed by atoms with Crippen LogP contribution in [0.5, 0.6) is 0 Å². The number of nitrogens with zero attached hydrogens (tertiary/aromatic N) is 1. The third kappa shape index (κ3) is 4.11. The average Bonchev–Trinajstić information content (AvgIpc) is 3.34. The van der Waals surface area contributed by atoms with Crippen molar-refractivity contribution < 1.29 is 14.4 Å². The Labute approximate surface area is 170 Å². The van der Waals surface area contributed by atoms with Gasteiger partial charge in [-0.3, -0.25) is 14.4 Å². The van der Waals surface area contributed by atoms with Crippen molar-refractivity contribution in [1.82, 2.24) is 10.2 Å². The highest BCUT2D eigenvalue weighted by Gasteiger charge is 2.39. The van der Waals surface area contributed by atoms with Crippen LogP contribution in [0, 0.1) is 0 Å². The number of likely N-dealkylation sites (tertiary alicyclic amines) is 1. The van der Waals surface area contributed by atoms with E-state index in [4.69, 9.17) is 5.73 Å². The molecular weight excluding hydrogens is 366 g/mol. The minimum atomic E-state index is -0.489. The molecular formula is C23H27N3O3. The highest BCUT2D eigenvalue weighted by atomic mass is 16.2. The Bertz CT molecular complexity index is 957. The molecule has 0 saturated carbocycles. The standard InChI is InChI=1S/C23H27N3O3/c24-22(29)19-6-3-13-26(19)21(28)10-12-23(11-9-20(27)25-23)15-16-7-8-17-4-1-2-5-18(17)14-16/h1-2,4-5,7-8,14,19H,3,6,9-13,15H2,(H2,24,29)(H,25,27)/t19-,23-/m0/s1. The number of hydrogen-bond acceptors (Lipinski definition) is 3. The number of rotatable bonds is 6. The molecule has 2 aliphatic heterocycles.